The van der Waals surface area contributed by atoms with Crippen LogP contribution in [0.25, 0.3) is 0 Å². The molecule has 0 bridgehead atoms. The molecule has 0 aromatic carbocycles. The summed E-state index contributed by atoms with van der Waals surface area (Å²) < 4.78 is 0. The lowest BCUT2D eigenvalue weighted by atomic mass is 9.82. The second-order valence-corrected chi connectivity index (χ2v) is 5.99. The highest BCUT2D eigenvalue weighted by Gasteiger charge is 2.34. The molecule has 2 atom stereocenters. The molecule has 0 spiro atoms. The van der Waals surface area contributed by atoms with Crippen molar-refractivity contribution in [2.45, 2.75) is 25.7 Å². The molecule has 5 heteroatoms. The van der Waals surface area contributed by atoms with Gasteiger partial charge in [0.2, 0.25) is 5.91 Å². The number of aliphatic carboxylic acids is 1. The second kappa shape index (κ2) is 6.88. The van der Waals surface area contributed by atoms with Gasteiger partial charge in [-0.15, -0.1) is 0 Å². The Morgan fingerprint density at radius 3 is 2.40 bits per heavy atom. The van der Waals surface area contributed by atoms with E-state index < -0.39 is 17.8 Å². The molecule has 1 fully saturated rings. The molecule has 0 aromatic rings. The van der Waals surface area contributed by atoms with Crippen LogP contribution in [-0.2, 0) is 9.59 Å². The van der Waals surface area contributed by atoms with Gasteiger partial charge in [0, 0.05) is 6.54 Å². The Morgan fingerprint density at radius 1 is 1.20 bits per heavy atom. The van der Waals surface area contributed by atoms with Crippen molar-refractivity contribution in [3.05, 3.63) is 12.2 Å². The molecule has 1 aliphatic carbocycles. The summed E-state index contributed by atoms with van der Waals surface area (Å²) in [6, 6.07) is 0. The van der Waals surface area contributed by atoms with Gasteiger partial charge in [0.25, 0.3) is 0 Å². The summed E-state index contributed by atoms with van der Waals surface area (Å²) in [6.07, 6.45) is 6.98. The molecular formula is C15H24N2O3. The van der Waals surface area contributed by atoms with Crippen molar-refractivity contribution in [2.75, 3.05) is 26.7 Å². The van der Waals surface area contributed by atoms with E-state index in [2.05, 4.69) is 17.3 Å². The van der Waals surface area contributed by atoms with Crippen LogP contribution in [0, 0.1) is 17.8 Å². The smallest absolute Gasteiger partial charge is 0.307 e. The Morgan fingerprint density at radius 2 is 1.80 bits per heavy atom. The van der Waals surface area contributed by atoms with Gasteiger partial charge in [0.15, 0.2) is 0 Å². The molecule has 20 heavy (non-hydrogen) atoms. The van der Waals surface area contributed by atoms with E-state index in [1.54, 1.807) is 0 Å². The van der Waals surface area contributed by atoms with Gasteiger partial charge in [-0.05, 0) is 51.7 Å². The molecule has 1 aliphatic heterocycles. The number of carbonyl (C=O) groups is 2. The lowest BCUT2D eigenvalue weighted by molar-refractivity contribution is -0.147. The molecule has 2 rings (SSSR count). The fourth-order valence-electron chi connectivity index (χ4n) is 3.02. The molecule has 2 aliphatic rings. The Labute approximate surface area is 120 Å². The molecule has 2 N–H and O–H groups in total. The van der Waals surface area contributed by atoms with Crippen LogP contribution in [-0.4, -0.2) is 48.6 Å². The van der Waals surface area contributed by atoms with Gasteiger partial charge in [0.1, 0.15) is 0 Å². The monoisotopic (exact) mass is 280 g/mol. The molecule has 0 aromatic heterocycles. The average molecular weight is 280 g/mol. The summed E-state index contributed by atoms with van der Waals surface area (Å²) in [4.78, 5) is 25.7. The maximum absolute atomic E-state index is 12.2. The van der Waals surface area contributed by atoms with Gasteiger partial charge >= 0.3 is 5.97 Å². The third kappa shape index (κ3) is 3.82. The Bertz CT molecular complexity index is 387. The number of allylic oxidation sites excluding steroid dienone is 2. The lowest BCUT2D eigenvalue weighted by Gasteiger charge is -2.30. The largest absolute Gasteiger partial charge is 0.481 e. The SMILES string of the molecule is CN1CCC(CNC(=O)C2CC=CCC2C(=O)O)CC1. The predicted molar refractivity (Wildman–Crippen MR) is 76.2 cm³/mol. The number of nitrogens with zero attached hydrogens (tertiary/aromatic N) is 1. The predicted octanol–water partition coefficient (Wildman–Crippen LogP) is 1.11. The van der Waals surface area contributed by atoms with E-state index in [9.17, 15) is 14.7 Å². The van der Waals surface area contributed by atoms with Gasteiger partial charge in [-0.2, -0.15) is 0 Å². The van der Waals surface area contributed by atoms with Crippen molar-refractivity contribution >= 4 is 11.9 Å². The number of hydrogen-bond donors (Lipinski definition) is 2. The van der Waals surface area contributed by atoms with E-state index in [1.807, 2.05) is 12.2 Å². The number of likely N-dealkylation sites (tertiary alicyclic amines) is 1. The summed E-state index contributed by atoms with van der Waals surface area (Å²) >= 11 is 0. The highest BCUT2D eigenvalue weighted by atomic mass is 16.4. The Kier molecular flexibility index (Phi) is 5.17. The van der Waals surface area contributed by atoms with Crippen LogP contribution in [0.3, 0.4) is 0 Å². The molecule has 0 radical (unpaired) electrons. The maximum Gasteiger partial charge on any atom is 0.307 e. The maximum atomic E-state index is 12.2. The van der Waals surface area contributed by atoms with Gasteiger partial charge in [-0.1, -0.05) is 12.2 Å². The molecule has 1 saturated heterocycles. The van der Waals surface area contributed by atoms with Crippen LogP contribution >= 0.6 is 0 Å². The minimum absolute atomic E-state index is 0.0966. The van der Waals surface area contributed by atoms with E-state index in [4.69, 9.17) is 0 Å². The number of hydrogen-bond acceptors (Lipinski definition) is 3. The minimum atomic E-state index is -0.867. The highest BCUT2D eigenvalue weighted by molar-refractivity contribution is 5.85. The van der Waals surface area contributed by atoms with Gasteiger partial charge < -0.3 is 15.3 Å². The zero-order valence-electron chi connectivity index (χ0n) is 12.0. The molecule has 0 saturated carbocycles. The minimum Gasteiger partial charge on any atom is -0.481 e. The summed E-state index contributed by atoms with van der Waals surface area (Å²) in [5.74, 6) is -1.42. The van der Waals surface area contributed by atoms with E-state index in [1.165, 1.54) is 0 Å². The van der Waals surface area contributed by atoms with E-state index in [0.717, 1.165) is 25.9 Å². The van der Waals surface area contributed by atoms with Crippen LogP contribution in [0.4, 0.5) is 0 Å². The fraction of sp³-hybridized carbons (Fsp3) is 0.733. The number of amides is 1. The first kappa shape index (κ1) is 15.0. The van der Waals surface area contributed by atoms with Gasteiger partial charge in [0.05, 0.1) is 11.8 Å². The van der Waals surface area contributed by atoms with Crippen molar-refractivity contribution < 1.29 is 14.7 Å². The standard InChI is InChI=1S/C15H24N2O3/c1-17-8-6-11(7-9-17)10-16-14(18)12-4-2-3-5-13(12)15(19)20/h2-3,11-13H,4-10H2,1H3,(H,16,18)(H,19,20). The number of carbonyl (C=O) groups excluding carboxylic acids is 1. The van der Waals surface area contributed by atoms with Crippen molar-refractivity contribution in [1.29, 1.82) is 0 Å². The zero-order valence-corrected chi connectivity index (χ0v) is 12.0. The molecule has 1 heterocycles. The summed E-state index contributed by atoms with van der Waals surface area (Å²) in [6.45, 7) is 2.83. The van der Waals surface area contributed by atoms with Gasteiger partial charge in [-0.25, -0.2) is 0 Å². The first-order valence-corrected chi connectivity index (χ1v) is 7.42. The lowest BCUT2D eigenvalue weighted by Crippen LogP contribution is -2.42. The molecule has 2 unspecified atom stereocenters. The zero-order chi connectivity index (χ0) is 14.5. The van der Waals surface area contributed by atoms with Crippen LogP contribution in [0.15, 0.2) is 12.2 Å². The van der Waals surface area contributed by atoms with Crippen molar-refractivity contribution in [2.24, 2.45) is 17.8 Å². The van der Waals surface area contributed by atoms with Crippen molar-refractivity contribution in [3.8, 4) is 0 Å². The first-order chi connectivity index (χ1) is 9.58. The molecule has 112 valence electrons. The number of nitrogens with one attached hydrogen (secondary N) is 1. The van der Waals surface area contributed by atoms with E-state index in [-0.39, 0.29) is 5.91 Å². The van der Waals surface area contributed by atoms with Crippen molar-refractivity contribution in [1.82, 2.24) is 10.2 Å². The molecule has 1 amide bonds. The third-order valence-electron chi connectivity index (χ3n) is 4.49. The van der Waals surface area contributed by atoms with Gasteiger partial charge in [-0.3, -0.25) is 9.59 Å². The third-order valence-corrected chi connectivity index (χ3v) is 4.49. The quantitative estimate of drug-likeness (QED) is 0.757. The average Bonchev–Trinajstić information content (AvgIpc) is 2.46. The van der Waals surface area contributed by atoms with Crippen LogP contribution in [0.2, 0.25) is 0 Å². The van der Waals surface area contributed by atoms with E-state index in [0.29, 0.717) is 25.3 Å². The molecular weight excluding hydrogens is 256 g/mol. The van der Waals surface area contributed by atoms with Crippen molar-refractivity contribution in [3.63, 3.8) is 0 Å². The van der Waals surface area contributed by atoms with Crippen LogP contribution in [0.1, 0.15) is 25.7 Å². The summed E-state index contributed by atoms with van der Waals surface area (Å²) in [7, 11) is 2.11. The van der Waals surface area contributed by atoms with E-state index >= 15 is 0 Å². The second-order valence-electron chi connectivity index (χ2n) is 5.99. The number of carboxylic acids is 1. The number of piperidine rings is 1. The number of carboxylic acid groups (broad SMARTS) is 1. The Hall–Kier alpha value is -1.36. The fourth-order valence-corrected chi connectivity index (χ4v) is 3.02. The topological polar surface area (TPSA) is 69.6 Å². The molecule has 5 nitrogen and oxygen atoms in total. The highest BCUT2D eigenvalue weighted by Crippen LogP contribution is 2.26. The number of rotatable bonds is 4. The normalized spacial score (nSPS) is 28.2. The summed E-state index contributed by atoms with van der Waals surface area (Å²) in [5.41, 5.74) is 0. The summed E-state index contributed by atoms with van der Waals surface area (Å²) in [5, 5.41) is 12.2. The van der Waals surface area contributed by atoms with Crippen LogP contribution < -0.4 is 5.32 Å². The van der Waals surface area contributed by atoms with Crippen LogP contribution in [0.5, 0.6) is 0 Å². The Balaban J connectivity index is 1.81. The first-order valence-electron chi connectivity index (χ1n) is 7.42.